The van der Waals surface area contributed by atoms with E-state index in [9.17, 15) is 4.79 Å². The van der Waals surface area contributed by atoms with E-state index >= 15 is 0 Å². The van der Waals surface area contributed by atoms with Gasteiger partial charge in [0.2, 0.25) is 0 Å². The van der Waals surface area contributed by atoms with Gasteiger partial charge in [0.1, 0.15) is 0 Å². The molecule has 0 aliphatic rings. The molecule has 0 aromatic carbocycles. The van der Waals surface area contributed by atoms with Gasteiger partial charge in [-0.05, 0) is 29.0 Å². The Morgan fingerprint density at radius 1 is 1.89 bits per heavy atom. The molecule has 9 heavy (non-hydrogen) atoms. The Morgan fingerprint density at radius 3 is 2.56 bits per heavy atom. The molecule has 0 rings (SSSR count). The highest BCUT2D eigenvalue weighted by Gasteiger charge is 2.06. The van der Waals surface area contributed by atoms with Crippen LogP contribution in [-0.4, -0.2) is 3.79 Å². The van der Waals surface area contributed by atoms with Crippen molar-refractivity contribution in [1.82, 2.24) is 0 Å². The largest absolute Gasteiger partial charge is 0.288 e. The minimum atomic E-state index is -0.0746. The van der Waals surface area contributed by atoms with Gasteiger partial charge in [-0.25, -0.2) is 0 Å². The maximum atomic E-state index is 10.4. The summed E-state index contributed by atoms with van der Waals surface area (Å²) in [5, 5.41) is 8.37. The van der Waals surface area contributed by atoms with Crippen LogP contribution in [0.3, 0.4) is 0 Å². The van der Waals surface area contributed by atoms with Gasteiger partial charge in [0.15, 0.2) is 3.79 Å². The van der Waals surface area contributed by atoms with Gasteiger partial charge in [0.05, 0.1) is 12.0 Å². The van der Waals surface area contributed by atoms with Crippen LogP contribution < -0.4 is 0 Å². The highest BCUT2D eigenvalue weighted by atomic mass is 127. The molecule has 1 unspecified atom stereocenters. The molecule has 0 saturated heterocycles. The highest BCUT2D eigenvalue weighted by Crippen LogP contribution is 2.09. The molecule has 0 bridgehead atoms. The van der Waals surface area contributed by atoms with Crippen molar-refractivity contribution in [2.75, 3.05) is 0 Å². The fraction of sp³-hybridized carbons (Fsp3) is 0.667. The molecule has 0 spiro atoms. The third-order valence-electron chi connectivity index (χ3n) is 1.08. The lowest BCUT2D eigenvalue weighted by atomic mass is 10.1. The molecule has 0 aliphatic carbocycles. The van der Waals surface area contributed by atoms with Crippen molar-refractivity contribution in [3.05, 3.63) is 0 Å². The molecule has 0 heterocycles. The van der Waals surface area contributed by atoms with Crippen LogP contribution in [0.25, 0.3) is 0 Å². The first-order valence-electron chi connectivity index (χ1n) is 2.78. The summed E-state index contributed by atoms with van der Waals surface area (Å²) in [6, 6.07) is 2.06. The van der Waals surface area contributed by atoms with E-state index in [1.54, 1.807) is 22.6 Å². The van der Waals surface area contributed by atoms with Crippen molar-refractivity contribution in [3.8, 4) is 6.07 Å². The second-order valence-electron chi connectivity index (χ2n) is 1.79. The smallest absolute Gasteiger partial charge is 0.193 e. The van der Waals surface area contributed by atoms with Gasteiger partial charge in [-0.15, -0.1) is 0 Å². The monoisotopic (exact) mass is 237 g/mol. The van der Waals surface area contributed by atoms with Crippen LogP contribution in [0.1, 0.15) is 19.8 Å². The quantitative estimate of drug-likeness (QED) is 0.555. The molecule has 2 nitrogen and oxygen atoms in total. The van der Waals surface area contributed by atoms with Gasteiger partial charge in [0, 0.05) is 6.42 Å². The summed E-state index contributed by atoms with van der Waals surface area (Å²) in [6.07, 6.45) is 1.17. The van der Waals surface area contributed by atoms with Gasteiger partial charge >= 0.3 is 0 Å². The topological polar surface area (TPSA) is 40.9 Å². The standard InChI is InChI=1S/C6H8INO/c1-2-5(4-8)3-6(7)9/h5H,2-3H2,1H3. The average Bonchev–Trinajstić information content (AvgIpc) is 1.82. The number of hydrogen-bond acceptors (Lipinski definition) is 2. The predicted octanol–water partition coefficient (Wildman–Crippen LogP) is 1.89. The second kappa shape index (κ2) is 4.74. The van der Waals surface area contributed by atoms with Crippen LogP contribution in [0.4, 0.5) is 0 Å². The van der Waals surface area contributed by atoms with E-state index in [0.29, 0.717) is 6.42 Å². The van der Waals surface area contributed by atoms with Crippen molar-refractivity contribution in [3.63, 3.8) is 0 Å². The molecular weight excluding hydrogens is 229 g/mol. The lowest BCUT2D eigenvalue weighted by molar-refractivity contribution is -0.109. The third kappa shape index (κ3) is 4.40. The maximum Gasteiger partial charge on any atom is 0.193 e. The zero-order valence-corrected chi connectivity index (χ0v) is 7.38. The number of nitriles is 1. The normalized spacial score (nSPS) is 12.1. The fourth-order valence-electron chi connectivity index (χ4n) is 0.475. The lowest BCUT2D eigenvalue weighted by Crippen LogP contribution is -1.98. The first-order chi connectivity index (χ1) is 4.20. The van der Waals surface area contributed by atoms with E-state index in [-0.39, 0.29) is 9.71 Å². The summed E-state index contributed by atoms with van der Waals surface area (Å²) < 4.78 is 0.0704. The Hall–Kier alpha value is -0.110. The van der Waals surface area contributed by atoms with E-state index < -0.39 is 0 Å². The van der Waals surface area contributed by atoms with Crippen LogP contribution in [0.2, 0.25) is 0 Å². The zero-order valence-electron chi connectivity index (χ0n) is 5.22. The molecule has 50 valence electrons. The number of nitrogens with zero attached hydrogens (tertiary/aromatic N) is 1. The maximum absolute atomic E-state index is 10.4. The van der Waals surface area contributed by atoms with Crippen molar-refractivity contribution in [2.45, 2.75) is 19.8 Å². The van der Waals surface area contributed by atoms with Crippen molar-refractivity contribution in [1.29, 1.82) is 5.26 Å². The molecule has 3 heteroatoms. The van der Waals surface area contributed by atoms with E-state index in [4.69, 9.17) is 5.26 Å². The molecule has 0 aliphatic heterocycles. The number of rotatable bonds is 3. The molecule has 1 atom stereocenters. The Labute approximate surface area is 68.4 Å². The van der Waals surface area contributed by atoms with Crippen molar-refractivity contribution >= 4 is 26.4 Å². The average molecular weight is 237 g/mol. The summed E-state index contributed by atoms with van der Waals surface area (Å²) in [6.45, 7) is 1.91. The molecule has 0 fully saturated rings. The summed E-state index contributed by atoms with van der Waals surface area (Å²) >= 11 is 1.71. The third-order valence-corrected chi connectivity index (χ3v) is 1.52. The Balaban J connectivity index is 3.60. The van der Waals surface area contributed by atoms with Gasteiger partial charge in [-0.1, -0.05) is 6.92 Å². The van der Waals surface area contributed by atoms with Crippen LogP contribution in [0.5, 0.6) is 0 Å². The van der Waals surface area contributed by atoms with E-state index in [1.807, 2.05) is 6.92 Å². The van der Waals surface area contributed by atoms with Crippen LogP contribution in [0, 0.1) is 17.2 Å². The molecule has 0 radical (unpaired) electrons. The minimum Gasteiger partial charge on any atom is -0.288 e. The van der Waals surface area contributed by atoms with E-state index in [2.05, 4.69) is 6.07 Å². The number of carbonyl (C=O) groups excluding carboxylic acids is 1. The number of hydrogen-bond donors (Lipinski definition) is 0. The second-order valence-corrected chi connectivity index (χ2v) is 3.00. The number of carbonyl (C=O) groups is 1. The van der Waals surface area contributed by atoms with Gasteiger partial charge in [0.25, 0.3) is 0 Å². The van der Waals surface area contributed by atoms with Crippen molar-refractivity contribution in [2.24, 2.45) is 5.92 Å². The summed E-state index contributed by atoms with van der Waals surface area (Å²) in [7, 11) is 0. The van der Waals surface area contributed by atoms with Gasteiger partial charge < -0.3 is 0 Å². The van der Waals surface area contributed by atoms with Gasteiger partial charge in [-0.3, -0.25) is 4.79 Å². The van der Waals surface area contributed by atoms with Crippen molar-refractivity contribution < 1.29 is 4.79 Å². The minimum absolute atomic E-state index is 0.0704. The SMILES string of the molecule is CCC(C#N)CC(=O)I. The summed E-state index contributed by atoms with van der Waals surface area (Å²) in [5.74, 6) is -0.0746. The van der Waals surface area contributed by atoms with Crippen LogP contribution in [0.15, 0.2) is 0 Å². The Morgan fingerprint density at radius 2 is 2.44 bits per heavy atom. The predicted molar refractivity (Wildman–Crippen MR) is 43.0 cm³/mol. The van der Waals surface area contributed by atoms with Crippen LogP contribution in [-0.2, 0) is 4.79 Å². The molecule has 0 N–H and O–H groups in total. The van der Waals surface area contributed by atoms with E-state index in [1.165, 1.54) is 0 Å². The summed E-state index contributed by atoms with van der Waals surface area (Å²) in [4.78, 5) is 10.4. The summed E-state index contributed by atoms with van der Waals surface area (Å²) in [5.41, 5.74) is 0. The van der Waals surface area contributed by atoms with Gasteiger partial charge in [-0.2, -0.15) is 5.26 Å². The number of halogens is 1. The first-order valence-corrected chi connectivity index (χ1v) is 3.86. The molecule has 0 amide bonds. The Bertz CT molecular complexity index is 138. The van der Waals surface area contributed by atoms with E-state index in [0.717, 1.165) is 6.42 Å². The van der Waals surface area contributed by atoms with Crippen LogP contribution >= 0.6 is 22.6 Å². The highest BCUT2D eigenvalue weighted by molar-refractivity contribution is 14.1. The molecule has 0 saturated carbocycles. The molecule has 0 aromatic rings. The lowest BCUT2D eigenvalue weighted by Gasteiger charge is -1.98. The first kappa shape index (κ1) is 8.89. The fourth-order valence-corrected chi connectivity index (χ4v) is 1.01. The molecular formula is C6H8INO. The zero-order chi connectivity index (χ0) is 7.28. The molecule has 0 aromatic heterocycles. The Kier molecular flexibility index (Phi) is 4.68.